The zero-order valence-electron chi connectivity index (χ0n) is 19.2. The summed E-state index contributed by atoms with van der Waals surface area (Å²) in [6, 6.07) is 3.93. The molecule has 7 nitrogen and oxygen atoms in total. The fourth-order valence-corrected chi connectivity index (χ4v) is 2.92. The fraction of sp³-hybridized carbons (Fsp3) is 0.545. The number of benzene rings is 1. The minimum absolute atomic E-state index is 0.0373. The van der Waals surface area contributed by atoms with Crippen LogP contribution < -0.4 is 5.32 Å². The number of halogens is 1. The minimum Gasteiger partial charge on any atom is -0.481 e. The van der Waals surface area contributed by atoms with E-state index in [1.165, 1.54) is 18.2 Å². The van der Waals surface area contributed by atoms with Crippen molar-refractivity contribution in [3.05, 3.63) is 40.6 Å². The largest absolute Gasteiger partial charge is 0.492 e. The van der Waals surface area contributed by atoms with Crippen molar-refractivity contribution in [1.29, 1.82) is 0 Å². The predicted octanol–water partition coefficient (Wildman–Crippen LogP) is 3.99. The van der Waals surface area contributed by atoms with Gasteiger partial charge in [-0.2, -0.15) is 0 Å². The molecule has 31 heavy (non-hydrogen) atoms. The third-order valence-corrected chi connectivity index (χ3v) is 5.18. The molecule has 9 heteroatoms. The predicted molar refractivity (Wildman–Crippen MR) is 116 cm³/mol. The van der Waals surface area contributed by atoms with Crippen LogP contribution in [0.15, 0.2) is 23.7 Å². The molecule has 1 fully saturated rings. The molecule has 1 amide bonds. The molecule has 1 saturated heterocycles. The van der Waals surface area contributed by atoms with Gasteiger partial charge in [-0.25, -0.2) is 9.18 Å². The third kappa shape index (κ3) is 6.80. The summed E-state index contributed by atoms with van der Waals surface area (Å²) < 4.78 is 31.2. The summed E-state index contributed by atoms with van der Waals surface area (Å²) in [6.45, 7) is 12.9. The number of aliphatic carboxylic acids is 1. The van der Waals surface area contributed by atoms with Gasteiger partial charge in [0, 0.05) is 6.54 Å². The molecule has 0 bridgehead atoms. The quantitative estimate of drug-likeness (QED) is 0.657. The highest BCUT2D eigenvalue weighted by atomic mass is 19.1. The molecule has 0 unspecified atom stereocenters. The van der Waals surface area contributed by atoms with E-state index >= 15 is 0 Å². The first-order chi connectivity index (χ1) is 14.1. The standard InChI is InChI=1S/C22H31BFNO6/c1-20(2,3)29-19(28)25-13-16(23-30-21(4,5)22(6,7)31-23)10-14-8-9-17(24)11-15(14)12-18(26)27/h8-11H,12-13H2,1-7H3,(H,25,28)(H,26,27). The van der Waals surface area contributed by atoms with Crippen LogP contribution in [0.25, 0.3) is 6.08 Å². The lowest BCUT2D eigenvalue weighted by Gasteiger charge is -2.32. The van der Waals surface area contributed by atoms with Crippen LogP contribution in [0.4, 0.5) is 9.18 Å². The molecule has 2 N–H and O–H groups in total. The van der Waals surface area contributed by atoms with Gasteiger partial charge in [0.2, 0.25) is 0 Å². The molecular weight excluding hydrogens is 404 g/mol. The first-order valence-electron chi connectivity index (χ1n) is 10.1. The number of alkyl carbamates (subject to hydrolysis) is 1. The van der Waals surface area contributed by atoms with Crippen molar-refractivity contribution in [2.24, 2.45) is 0 Å². The van der Waals surface area contributed by atoms with Crippen LogP contribution in [0.3, 0.4) is 0 Å². The summed E-state index contributed by atoms with van der Waals surface area (Å²) in [5, 5.41) is 11.9. The molecule has 1 heterocycles. The molecule has 0 aliphatic carbocycles. The van der Waals surface area contributed by atoms with Crippen LogP contribution in [0.1, 0.15) is 59.6 Å². The molecule has 0 atom stereocenters. The Morgan fingerprint density at radius 1 is 1.19 bits per heavy atom. The van der Waals surface area contributed by atoms with Gasteiger partial charge >= 0.3 is 19.2 Å². The number of amides is 1. The number of carbonyl (C=O) groups excluding carboxylic acids is 1. The highest BCUT2D eigenvalue weighted by molar-refractivity contribution is 6.56. The number of hydrogen-bond acceptors (Lipinski definition) is 5. The van der Waals surface area contributed by atoms with Gasteiger partial charge in [-0.15, -0.1) is 0 Å². The van der Waals surface area contributed by atoms with Crippen molar-refractivity contribution in [2.75, 3.05) is 6.54 Å². The van der Waals surface area contributed by atoms with Crippen LogP contribution in [-0.2, 0) is 25.3 Å². The summed E-state index contributed by atoms with van der Waals surface area (Å²) in [5.74, 6) is -1.61. The smallest absolute Gasteiger partial charge is 0.481 e. The van der Waals surface area contributed by atoms with Crippen molar-refractivity contribution >= 4 is 25.3 Å². The highest BCUT2D eigenvalue weighted by Crippen LogP contribution is 2.39. The van der Waals surface area contributed by atoms with Gasteiger partial charge in [0.1, 0.15) is 11.4 Å². The summed E-state index contributed by atoms with van der Waals surface area (Å²) in [7, 11) is -0.789. The van der Waals surface area contributed by atoms with Crippen molar-refractivity contribution in [2.45, 2.75) is 71.7 Å². The number of carboxylic acid groups (broad SMARTS) is 1. The Morgan fingerprint density at radius 3 is 2.29 bits per heavy atom. The Kier molecular flexibility index (Phi) is 7.23. The van der Waals surface area contributed by atoms with Crippen LogP contribution in [0.5, 0.6) is 0 Å². The number of rotatable bonds is 6. The average Bonchev–Trinajstić information content (AvgIpc) is 2.78. The molecular formula is C22H31BFNO6. The third-order valence-electron chi connectivity index (χ3n) is 5.18. The molecule has 1 aromatic rings. The molecule has 1 aliphatic rings. The van der Waals surface area contributed by atoms with Gasteiger partial charge in [0.25, 0.3) is 0 Å². The van der Waals surface area contributed by atoms with Crippen LogP contribution in [0, 0.1) is 5.82 Å². The van der Waals surface area contributed by atoms with E-state index in [4.69, 9.17) is 14.0 Å². The van der Waals surface area contributed by atoms with E-state index in [0.29, 0.717) is 16.6 Å². The Hall–Kier alpha value is -2.39. The van der Waals surface area contributed by atoms with E-state index in [9.17, 15) is 19.1 Å². The summed E-state index contributed by atoms with van der Waals surface area (Å²) in [5.41, 5.74) is -0.546. The van der Waals surface area contributed by atoms with Gasteiger partial charge in [0.05, 0.1) is 17.6 Å². The van der Waals surface area contributed by atoms with Gasteiger partial charge in [0.15, 0.2) is 0 Å². The van der Waals surface area contributed by atoms with E-state index in [2.05, 4.69) is 5.32 Å². The number of carbonyl (C=O) groups is 2. The lowest BCUT2D eigenvalue weighted by atomic mass is 9.76. The molecule has 0 spiro atoms. The number of ether oxygens (including phenoxy) is 1. The summed E-state index contributed by atoms with van der Waals surface area (Å²) in [6.07, 6.45) is 0.705. The normalized spacial score (nSPS) is 18.1. The summed E-state index contributed by atoms with van der Waals surface area (Å²) >= 11 is 0. The van der Waals surface area contributed by atoms with Crippen molar-refractivity contribution in [3.8, 4) is 0 Å². The Morgan fingerprint density at radius 2 is 1.77 bits per heavy atom. The lowest BCUT2D eigenvalue weighted by molar-refractivity contribution is -0.136. The van der Waals surface area contributed by atoms with Crippen LogP contribution in [-0.4, -0.2) is 47.6 Å². The van der Waals surface area contributed by atoms with Gasteiger partial charge < -0.3 is 24.5 Å². The van der Waals surface area contributed by atoms with Crippen molar-refractivity contribution < 1.29 is 33.1 Å². The maximum atomic E-state index is 13.7. The number of hydrogen-bond donors (Lipinski definition) is 2. The Balaban J connectivity index is 2.39. The van der Waals surface area contributed by atoms with Gasteiger partial charge in [-0.3, -0.25) is 4.79 Å². The molecule has 0 radical (unpaired) electrons. The maximum Gasteiger partial charge on any atom is 0.492 e. The van der Waals surface area contributed by atoms with Crippen LogP contribution in [0.2, 0.25) is 0 Å². The second-order valence-electron chi connectivity index (χ2n) is 9.58. The van der Waals surface area contributed by atoms with E-state index in [0.717, 1.165) is 0 Å². The maximum absolute atomic E-state index is 13.7. The SMILES string of the molecule is CC(C)(C)OC(=O)NCC(=Cc1ccc(F)cc1CC(=O)O)B1OC(C)(C)C(C)(C)O1. The fourth-order valence-electron chi connectivity index (χ4n) is 2.92. The Labute approximate surface area is 183 Å². The van der Waals surface area contributed by atoms with Gasteiger partial charge in [-0.05, 0) is 77.2 Å². The zero-order valence-corrected chi connectivity index (χ0v) is 19.2. The lowest BCUT2D eigenvalue weighted by Crippen LogP contribution is -2.41. The molecule has 170 valence electrons. The van der Waals surface area contributed by atoms with Crippen molar-refractivity contribution in [1.82, 2.24) is 5.32 Å². The first kappa shape index (κ1) is 24.9. The molecule has 1 aliphatic heterocycles. The van der Waals surface area contributed by atoms with E-state index < -0.39 is 41.8 Å². The first-order valence-corrected chi connectivity index (χ1v) is 10.1. The van der Waals surface area contributed by atoms with Crippen LogP contribution >= 0.6 is 0 Å². The van der Waals surface area contributed by atoms with E-state index in [-0.39, 0.29) is 13.0 Å². The highest BCUT2D eigenvalue weighted by Gasteiger charge is 2.52. The monoisotopic (exact) mass is 435 g/mol. The topological polar surface area (TPSA) is 94.1 Å². The Bertz CT molecular complexity index is 859. The minimum atomic E-state index is -1.08. The molecule has 0 aromatic heterocycles. The molecule has 2 rings (SSSR count). The summed E-state index contributed by atoms with van der Waals surface area (Å²) in [4.78, 5) is 23.4. The number of nitrogens with one attached hydrogen (secondary N) is 1. The molecule has 1 aromatic carbocycles. The van der Waals surface area contributed by atoms with E-state index in [1.54, 1.807) is 26.8 Å². The van der Waals surface area contributed by atoms with Crippen molar-refractivity contribution in [3.63, 3.8) is 0 Å². The zero-order chi connectivity index (χ0) is 23.6. The van der Waals surface area contributed by atoms with Gasteiger partial charge in [-0.1, -0.05) is 12.1 Å². The second-order valence-corrected chi connectivity index (χ2v) is 9.58. The second kappa shape index (κ2) is 9.00. The molecule has 0 saturated carbocycles. The average molecular weight is 435 g/mol. The van der Waals surface area contributed by atoms with E-state index in [1.807, 2.05) is 27.7 Å². The number of carboxylic acids is 1.